The molecule has 1 atom stereocenters. The molecular weight excluding hydrogens is 234 g/mol. The predicted octanol–water partition coefficient (Wildman–Crippen LogP) is 1.88. The van der Waals surface area contributed by atoms with Crippen LogP contribution in [0, 0.1) is 13.8 Å². The number of carbonyl (C=O) groups is 1. The maximum atomic E-state index is 10.5. The molecule has 1 aromatic rings. The summed E-state index contributed by atoms with van der Waals surface area (Å²) in [7, 11) is 1.53. The van der Waals surface area contributed by atoms with Crippen molar-refractivity contribution >= 4 is 5.97 Å². The lowest BCUT2D eigenvalue weighted by atomic mass is 9.94. The smallest absolute Gasteiger partial charge is 0.303 e. The zero-order chi connectivity index (χ0) is 13.9. The van der Waals surface area contributed by atoms with Crippen LogP contribution in [0.4, 0.5) is 0 Å². The van der Waals surface area contributed by atoms with Gasteiger partial charge < -0.3 is 20.7 Å². The molecule has 0 saturated carbocycles. The Kier molecular flexibility index (Phi) is 4.55. The Bertz CT molecular complexity index is 457. The van der Waals surface area contributed by atoms with Crippen LogP contribution in [0.3, 0.4) is 0 Å². The summed E-state index contributed by atoms with van der Waals surface area (Å²) in [6, 6.07) is 1.30. The number of nitrogens with two attached hydrogens (primary N) is 1. The summed E-state index contributed by atoms with van der Waals surface area (Å²) in [6.45, 7) is 3.55. The molecule has 100 valence electrons. The van der Waals surface area contributed by atoms with E-state index in [9.17, 15) is 9.90 Å². The second-order valence-corrected chi connectivity index (χ2v) is 4.32. The van der Waals surface area contributed by atoms with E-state index in [0.29, 0.717) is 16.9 Å². The SMILES string of the molecule is COc1cc(C)c(C(N)CCC(=O)O)c(O)c1C. The number of phenols is 1. The van der Waals surface area contributed by atoms with Crippen molar-refractivity contribution in [3.63, 3.8) is 0 Å². The molecule has 0 amide bonds. The van der Waals surface area contributed by atoms with E-state index in [1.165, 1.54) is 7.11 Å². The molecule has 5 heteroatoms. The monoisotopic (exact) mass is 253 g/mol. The lowest BCUT2D eigenvalue weighted by molar-refractivity contribution is -0.137. The number of benzene rings is 1. The highest BCUT2D eigenvalue weighted by molar-refractivity contribution is 5.66. The first kappa shape index (κ1) is 14.3. The molecule has 1 rings (SSSR count). The van der Waals surface area contributed by atoms with Gasteiger partial charge in [-0.15, -0.1) is 0 Å². The minimum Gasteiger partial charge on any atom is -0.507 e. The number of ether oxygens (including phenoxy) is 1. The lowest BCUT2D eigenvalue weighted by Gasteiger charge is -2.19. The Morgan fingerprint density at radius 2 is 2.11 bits per heavy atom. The van der Waals surface area contributed by atoms with Crippen LogP contribution in [0.15, 0.2) is 6.07 Å². The minimum atomic E-state index is -0.896. The van der Waals surface area contributed by atoms with E-state index in [-0.39, 0.29) is 18.6 Å². The Labute approximate surface area is 106 Å². The number of carboxylic acid groups (broad SMARTS) is 1. The molecule has 1 aromatic carbocycles. The fourth-order valence-corrected chi connectivity index (χ4v) is 1.99. The standard InChI is InChI=1S/C13H19NO4/c1-7-6-10(18-3)8(2)13(17)12(7)9(14)4-5-11(15)16/h6,9,17H,4-5,14H2,1-3H3,(H,15,16). The first-order chi connectivity index (χ1) is 8.38. The van der Waals surface area contributed by atoms with Crippen LogP contribution in [0.25, 0.3) is 0 Å². The molecule has 0 fully saturated rings. The summed E-state index contributed by atoms with van der Waals surface area (Å²) < 4.78 is 5.14. The van der Waals surface area contributed by atoms with Gasteiger partial charge in [-0.25, -0.2) is 0 Å². The molecule has 0 aliphatic rings. The number of hydrogen-bond acceptors (Lipinski definition) is 4. The fraction of sp³-hybridized carbons (Fsp3) is 0.462. The number of carboxylic acids is 1. The molecule has 0 heterocycles. The van der Waals surface area contributed by atoms with E-state index >= 15 is 0 Å². The molecule has 0 spiro atoms. The molecular formula is C13H19NO4. The van der Waals surface area contributed by atoms with Gasteiger partial charge in [0.1, 0.15) is 11.5 Å². The summed E-state index contributed by atoms with van der Waals surface area (Å²) in [4.78, 5) is 10.5. The third kappa shape index (κ3) is 2.92. The third-order valence-electron chi connectivity index (χ3n) is 3.01. The summed E-state index contributed by atoms with van der Waals surface area (Å²) in [5.74, 6) is -0.211. The van der Waals surface area contributed by atoms with Crippen LogP contribution in [0.5, 0.6) is 11.5 Å². The third-order valence-corrected chi connectivity index (χ3v) is 3.01. The second kappa shape index (κ2) is 5.73. The Hall–Kier alpha value is -1.75. The van der Waals surface area contributed by atoms with Crippen LogP contribution in [-0.2, 0) is 4.79 Å². The zero-order valence-corrected chi connectivity index (χ0v) is 10.9. The van der Waals surface area contributed by atoms with Gasteiger partial charge in [0.2, 0.25) is 0 Å². The molecule has 4 N–H and O–H groups in total. The number of phenolic OH excluding ortho intramolecular Hbond substituents is 1. The summed E-state index contributed by atoms with van der Waals surface area (Å²) in [5.41, 5.74) is 7.95. The Balaban J connectivity index is 3.09. The Morgan fingerprint density at radius 1 is 1.50 bits per heavy atom. The second-order valence-electron chi connectivity index (χ2n) is 4.32. The van der Waals surface area contributed by atoms with E-state index in [1.807, 2.05) is 6.92 Å². The van der Waals surface area contributed by atoms with Gasteiger partial charge in [0.05, 0.1) is 7.11 Å². The highest BCUT2D eigenvalue weighted by Gasteiger charge is 2.19. The van der Waals surface area contributed by atoms with Gasteiger partial charge in [-0.2, -0.15) is 0 Å². The van der Waals surface area contributed by atoms with Crippen molar-refractivity contribution in [2.24, 2.45) is 5.73 Å². The number of aryl methyl sites for hydroxylation is 1. The molecule has 0 bridgehead atoms. The van der Waals surface area contributed by atoms with E-state index in [0.717, 1.165) is 5.56 Å². The summed E-state index contributed by atoms with van der Waals surface area (Å²) in [6.07, 6.45) is 0.265. The number of methoxy groups -OCH3 is 1. The number of aliphatic carboxylic acids is 1. The molecule has 1 unspecified atom stereocenters. The minimum absolute atomic E-state index is 0.0227. The normalized spacial score (nSPS) is 12.2. The van der Waals surface area contributed by atoms with Crippen molar-refractivity contribution < 1.29 is 19.7 Å². The average molecular weight is 253 g/mol. The first-order valence-corrected chi connectivity index (χ1v) is 5.72. The molecule has 0 aromatic heterocycles. The van der Waals surface area contributed by atoms with Crippen LogP contribution < -0.4 is 10.5 Å². The van der Waals surface area contributed by atoms with Gasteiger partial charge in [0.15, 0.2) is 0 Å². The van der Waals surface area contributed by atoms with E-state index in [1.54, 1.807) is 13.0 Å². The maximum Gasteiger partial charge on any atom is 0.303 e. The van der Waals surface area contributed by atoms with Gasteiger partial charge in [-0.1, -0.05) is 0 Å². The number of rotatable bonds is 5. The molecule has 5 nitrogen and oxygen atoms in total. The highest BCUT2D eigenvalue weighted by atomic mass is 16.5. The number of hydrogen-bond donors (Lipinski definition) is 3. The Morgan fingerprint density at radius 3 is 2.61 bits per heavy atom. The van der Waals surface area contributed by atoms with Crippen molar-refractivity contribution in [3.8, 4) is 11.5 Å². The molecule has 0 saturated heterocycles. The van der Waals surface area contributed by atoms with Crippen LogP contribution in [0.1, 0.15) is 35.6 Å². The molecule has 0 radical (unpaired) electrons. The molecule has 18 heavy (non-hydrogen) atoms. The van der Waals surface area contributed by atoms with Crippen molar-refractivity contribution in [1.29, 1.82) is 0 Å². The highest BCUT2D eigenvalue weighted by Crippen LogP contribution is 2.37. The van der Waals surface area contributed by atoms with E-state index < -0.39 is 12.0 Å². The van der Waals surface area contributed by atoms with Crippen molar-refractivity contribution in [1.82, 2.24) is 0 Å². The van der Waals surface area contributed by atoms with E-state index in [2.05, 4.69) is 0 Å². The lowest BCUT2D eigenvalue weighted by Crippen LogP contribution is -2.14. The number of aromatic hydroxyl groups is 1. The van der Waals surface area contributed by atoms with Gasteiger partial charge in [0.25, 0.3) is 0 Å². The van der Waals surface area contributed by atoms with Crippen LogP contribution in [-0.4, -0.2) is 23.3 Å². The quantitative estimate of drug-likeness (QED) is 0.745. The van der Waals surface area contributed by atoms with Gasteiger partial charge in [-0.3, -0.25) is 4.79 Å². The van der Waals surface area contributed by atoms with E-state index in [4.69, 9.17) is 15.6 Å². The summed E-state index contributed by atoms with van der Waals surface area (Å²) >= 11 is 0. The maximum absolute atomic E-state index is 10.5. The topological polar surface area (TPSA) is 92.8 Å². The zero-order valence-electron chi connectivity index (χ0n) is 10.9. The van der Waals surface area contributed by atoms with Gasteiger partial charge in [0, 0.05) is 23.6 Å². The van der Waals surface area contributed by atoms with Crippen LogP contribution >= 0.6 is 0 Å². The summed E-state index contributed by atoms with van der Waals surface area (Å²) in [5, 5.41) is 18.8. The van der Waals surface area contributed by atoms with Crippen molar-refractivity contribution in [2.75, 3.05) is 7.11 Å². The molecule has 0 aliphatic heterocycles. The van der Waals surface area contributed by atoms with Gasteiger partial charge in [-0.05, 0) is 31.9 Å². The first-order valence-electron chi connectivity index (χ1n) is 5.72. The van der Waals surface area contributed by atoms with Crippen LogP contribution in [0.2, 0.25) is 0 Å². The largest absolute Gasteiger partial charge is 0.507 e. The fourth-order valence-electron chi connectivity index (χ4n) is 1.99. The average Bonchev–Trinajstić information content (AvgIpc) is 2.31. The van der Waals surface area contributed by atoms with Gasteiger partial charge >= 0.3 is 5.97 Å². The van der Waals surface area contributed by atoms with Crippen molar-refractivity contribution in [3.05, 3.63) is 22.8 Å². The predicted molar refractivity (Wildman–Crippen MR) is 67.9 cm³/mol. The van der Waals surface area contributed by atoms with Crippen molar-refractivity contribution in [2.45, 2.75) is 32.7 Å². The molecule has 0 aliphatic carbocycles.